The molecule has 36 heavy (non-hydrogen) atoms. The van der Waals surface area contributed by atoms with E-state index in [4.69, 9.17) is 13.9 Å². The Hall–Kier alpha value is -2.32. The van der Waals surface area contributed by atoms with Crippen molar-refractivity contribution in [2.24, 2.45) is 0 Å². The number of rotatable bonds is 8. The van der Waals surface area contributed by atoms with Gasteiger partial charge in [-0.05, 0) is 21.0 Å². The maximum atomic E-state index is 11.3. The number of hydrogen-bond donors (Lipinski definition) is 1. The van der Waals surface area contributed by atoms with Gasteiger partial charge >= 0.3 is 0 Å². The summed E-state index contributed by atoms with van der Waals surface area (Å²) >= 11 is 0. The summed E-state index contributed by atoms with van der Waals surface area (Å²) in [7, 11) is -1.08. The standard InChI is InChI=1S/C30H39NO4Si/c1-30(2,3)36(25-16-10-6-11-17-25,26-18-12-7-13-19-26)34-23-28-27(32)21-31(22-29(33-4)35-28)20-24-14-8-5-9-15-24/h5-19,27-29,32H,20-23H2,1-4H3/t27-,28+,29-/m0/s1. The fourth-order valence-electron chi connectivity index (χ4n) is 5.22. The quantitative estimate of drug-likeness (QED) is 0.472. The fraction of sp³-hybridized carbons (Fsp3) is 0.400. The summed E-state index contributed by atoms with van der Waals surface area (Å²) < 4.78 is 19.0. The molecule has 1 saturated heterocycles. The third kappa shape index (κ3) is 5.97. The van der Waals surface area contributed by atoms with Gasteiger partial charge in [0.1, 0.15) is 6.10 Å². The van der Waals surface area contributed by atoms with Crippen LogP contribution in [0.3, 0.4) is 0 Å². The highest BCUT2D eigenvalue weighted by atomic mass is 28.4. The molecule has 0 radical (unpaired) electrons. The first kappa shape index (κ1) is 26.7. The van der Waals surface area contributed by atoms with Crippen molar-refractivity contribution in [3.63, 3.8) is 0 Å². The van der Waals surface area contributed by atoms with Crippen LogP contribution in [0.1, 0.15) is 26.3 Å². The van der Waals surface area contributed by atoms with Crippen LogP contribution in [-0.4, -0.2) is 63.6 Å². The number of aliphatic hydroxyl groups is 1. The van der Waals surface area contributed by atoms with E-state index in [1.807, 2.05) is 30.3 Å². The summed E-state index contributed by atoms with van der Waals surface area (Å²) in [6.45, 7) is 8.84. The molecule has 1 aliphatic rings. The average Bonchev–Trinajstić information content (AvgIpc) is 3.03. The molecule has 1 heterocycles. The molecule has 3 atom stereocenters. The van der Waals surface area contributed by atoms with E-state index < -0.39 is 26.8 Å². The van der Waals surface area contributed by atoms with Crippen LogP contribution >= 0.6 is 0 Å². The number of benzene rings is 3. The topological polar surface area (TPSA) is 51.2 Å². The minimum Gasteiger partial charge on any atom is -0.405 e. The predicted molar refractivity (Wildman–Crippen MR) is 147 cm³/mol. The van der Waals surface area contributed by atoms with E-state index in [-0.39, 0.29) is 11.6 Å². The molecule has 0 bridgehead atoms. The highest BCUT2D eigenvalue weighted by Crippen LogP contribution is 2.37. The van der Waals surface area contributed by atoms with Crippen LogP contribution in [0, 0.1) is 0 Å². The monoisotopic (exact) mass is 505 g/mol. The first-order valence-electron chi connectivity index (χ1n) is 12.7. The third-order valence-corrected chi connectivity index (χ3v) is 12.0. The molecule has 3 aromatic carbocycles. The number of methoxy groups -OCH3 is 1. The van der Waals surface area contributed by atoms with Gasteiger partial charge in [0.25, 0.3) is 8.32 Å². The van der Waals surface area contributed by atoms with Crippen molar-refractivity contribution >= 4 is 18.7 Å². The van der Waals surface area contributed by atoms with Crippen LogP contribution in [0.15, 0.2) is 91.0 Å². The van der Waals surface area contributed by atoms with Crippen molar-refractivity contribution in [3.05, 3.63) is 96.6 Å². The molecule has 6 heteroatoms. The van der Waals surface area contributed by atoms with Gasteiger partial charge in [-0.25, -0.2) is 0 Å². The average molecular weight is 506 g/mol. The van der Waals surface area contributed by atoms with Crippen LogP contribution in [0.5, 0.6) is 0 Å². The molecule has 192 valence electrons. The SMILES string of the molecule is CO[C@@H]1CN(Cc2ccccc2)C[C@H](O)[C@@H](CO[Si](c2ccccc2)(c2ccccc2)C(C)(C)C)O1. The Morgan fingerprint density at radius 1 is 0.861 bits per heavy atom. The van der Waals surface area contributed by atoms with E-state index in [1.165, 1.54) is 15.9 Å². The molecule has 0 saturated carbocycles. The van der Waals surface area contributed by atoms with Crippen LogP contribution in [0.4, 0.5) is 0 Å². The Labute approximate surface area is 216 Å². The zero-order valence-electron chi connectivity index (χ0n) is 21.8. The third-order valence-electron chi connectivity index (χ3n) is 7.00. The lowest BCUT2D eigenvalue weighted by Crippen LogP contribution is -2.67. The Kier molecular flexibility index (Phi) is 8.77. The first-order valence-corrected chi connectivity index (χ1v) is 14.6. The van der Waals surface area contributed by atoms with Crippen LogP contribution < -0.4 is 10.4 Å². The smallest absolute Gasteiger partial charge is 0.261 e. The summed E-state index contributed by atoms with van der Waals surface area (Å²) in [5, 5.41) is 13.5. The number of β-amino-alcohol motifs (C(OH)–C–C–N with tert-alkyl or cyclic N) is 1. The predicted octanol–water partition coefficient (Wildman–Crippen LogP) is 3.80. The molecular formula is C30H39NO4Si. The van der Waals surface area contributed by atoms with Crippen LogP contribution in [0.2, 0.25) is 5.04 Å². The molecule has 4 rings (SSSR count). The van der Waals surface area contributed by atoms with Crippen LogP contribution in [-0.2, 0) is 20.4 Å². The summed E-state index contributed by atoms with van der Waals surface area (Å²) in [5.74, 6) is 0. The summed E-state index contributed by atoms with van der Waals surface area (Å²) in [6.07, 6.45) is -1.65. The molecule has 3 aromatic rings. The van der Waals surface area contributed by atoms with Gasteiger partial charge in [-0.15, -0.1) is 0 Å². The van der Waals surface area contributed by atoms with Gasteiger partial charge in [0.15, 0.2) is 6.29 Å². The number of ether oxygens (including phenoxy) is 2. The number of nitrogens with zero attached hydrogens (tertiary/aromatic N) is 1. The van der Waals surface area contributed by atoms with E-state index in [0.717, 1.165) is 6.54 Å². The molecule has 1 fully saturated rings. The van der Waals surface area contributed by atoms with E-state index in [2.05, 4.69) is 86.3 Å². The van der Waals surface area contributed by atoms with Crippen molar-refractivity contribution in [3.8, 4) is 0 Å². The number of aliphatic hydroxyl groups excluding tert-OH is 1. The van der Waals surface area contributed by atoms with Gasteiger partial charge in [-0.1, -0.05) is 112 Å². The molecular weight excluding hydrogens is 466 g/mol. The van der Waals surface area contributed by atoms with E-state index in [1.54, 1.807) is 7.11 Å². The van der Waals surface area contributed by atoms with Gasteiger partial charge in [0.05, 0.1) is 12.7 Å². The molecule has 5 nitrogen and oxygen atoms in total. The lowest BCUT2D eigenvalue weighted by molar-refractivity contribution is -0.175. The van der Waals surface area contributed by atoms with Crippen molar-refractivity contribution in [2.75, 3.05) is 26.8 Å². The second kappa shape index (κ2) is 11.8. The van der Waals surface area contributed by atoms with E-state index in [0.29, 0.717) is 13.1 Å². The Bertz CT molecular complexity index is 1020. The van der Waals surface area contributed by atoms with Gasteiger partial charge in [0.2, 0.25) is 0 Å². The maximum absolute atomic E-state index is 11.3. The second-order valence-corrected chi connectivity index (χ2v) is 14.9. The lowest BCUT2D eigenvalue weighted by Gasteiger charge is -2.44. The summed E-state index contributed by atoms with van der Waals surface area (Å²) in [6, 6.07) is 31.4. The van der Waals surface area contributed by atoms with Crippen molar-refractivity contribution in [1.29, 1.82) is 0 Å². The van der Waals surface area contributed by atoms with Crippen molar-refractivity contribution in [2.45, 2.75) is 50.9 Å². The van der Waals surface area contributed by atoms with Gasteiger partial charge < -0.3 is 19.0 Å². The Balaban J connectivity index is 1.61. The zero-order valence-corrected chi connectivity index (χ0v) is 22.8. The Morgan fingerprint density at radius 2 is 1.39 bits per heavy atom. The molecule has 0 unspecified atom stereocenters. The molecule has 1 N–H and O–H groups in total. The minimum atomic E-state index is -2.74. The molecule has 0 aliphatic carbocycles. The van der Waals surface area contributed by atoms with E-state index in [9.17, 15) is 5.11 Å². The van der Waals surface area contributed by atoms with E-state index >= 15 is 0 Å². The maximum Gasteiger partial charge on any atom is 0.261 e. The summed E-state index contributed by atoms with van der Waals surface area (Å²) in [5.41, 5.74) is 1.20. The molecule has 0 aromatic heterocycles. The normalized spacial score (nSPS) is 21.8. The highest BCUT2D eigenvalue weighted by molar-refractivity contribution is 6.99. The number of hydrogen-bond acceptors (Lipinski definition) is 5. The zero-order chi connectivity index (χ0) is 25.6. The van der Waals surface area contributed by atoms with Gasteiger partial charge in [-0.3, -0.25) is 4.90 Å². The molecule has 1 aliphatic heterocycles. The highest BCUT2D eigenvalue weighted by Gasteiger charge is 2.51. The lowest BCUT2D eigenvalue weighted by atomic mass is 10.2. The Morgan fingerprint density at radius 3 is 1.89 bits per heavy atom. The first-order chi connectivity index (χ1) is 17.3. The molecule has 0 amide bonds. The molecule has 0 spiro atoms. The fourth-order valence-corrected chi connectivity index (χ4v) is 9.79. The van der Waals surface area contributed by atoms with Gasteiger partial charge in [0, 0.05) is 26.7 Å². The van der Waals surface area contributed by atoms with Gasteiger partial charge in [-0.2, -0.15) is 0 Å². The largest absolute Gasteiger partial charge is 0.405 e. The van der Waals surface area contributed by atoms with Crippen molar-refractivity contribution < 1.29 is 19.0 Å². The van der Waals surface area contributed by atoms with Crippen molar-refractivity contribution in [1.82, 2.24) is 4.90 Å². The summed E-state index contributed by atoms with van der Waals surface area (Å²) in [4.78, 5) is 2.19. The van der Waals surface area contributed by atoms with Crippen LogP contribution in [0.25, 0.3) is 0 Å². The second-order valence-electron chi connectivity index (χ2n) is 10.6. The minimum absolute atomic E-state index is 0.147.